The first kappa shape index (κ1) is 23.8. The molecule has 1 aliphatic rings. The lowest BCUT2D eigenvalue weighted by molar-refractivity contribution is -0.138. The average Bonchev–Trinajstić information content (AvgIpc) is 2.74. The SMILES string of the molecule is N#CC(C#N)=C1C=C(c2cccc(C(F)(F)F)c2)S(=O)(=O)C(c2cccc(C(F)(F)F)c2)=C1. The smallest absolute Gasteiger partial charge is 0.218 e. The first-order chi connectivity index (χ1) is 15.3. The predicted molar refractivity (Wildman–Crippen MR) is 106 cm³/mol. The van der Waals surface area contributed by atoms with Gasteiger partial charge in [0.25, 0.3) is 0 Å². The van der Waals surface area contributed by atoms with E-state index in [-0.39, 0.29) is 5.57 Å². The Bertz CT molecular complexity index is 1320. The molecule has 11 heteroatoms. The Hall–Kier alpha value is -3.83. The molecule has 1 heterocycles. The van der Waals surface area contributed by atoms with Gasteiger partial charge in [0.1, 0.15) is 17.7 Å². The third-order valence-corrected chi connectivity index (χ3v) is 6.48. The van der Waals surface area contributed by atoms with Crippen LogP contribution in [0.3, 0.4) is 0 Å². The van der Waals surface area contributed by atoms with Crippen molar-refractivity contribution in [2.24, 2.45) is 0 Å². The number of halogens is 6. The fraction of sp³-hybridized carbons (Fsp3) is 0.0909. The van der Waals surface area contributed by atoms with Gasteiger partial charge in [-0.1, -0.05) is 24.3 Å². The molecule has 33 heavy (non-hydrogen) atoms. The van der Waals surface area contributed by atoms with Gasteiger partial charge in [-0.25, -0.2) is 8.42 Å². The van der Waals surface area contributed by atoms with E-state index in [1.54, 1.807) is 0 Å². The molecule has 0 unspecified atom stereocenters. The maximum absolute atomic E-state index is 13.3. The Morgan fingerprint density at radius 3 is 1.45 bits per heavy atom. The second kappa shape index (κ2) is 8.26. The Balaban J connectivity index is 2.32. The van der Waals surface area contributed by atoms with E-state index in [4.69, 9.17) is 0 Å². The highest BCUT2D eigenvalue weighted by atomic mass is 32.2. The van der Waals surface area contributed by atoms with Gasteiger partial charge < -0.3 is 0 Å². The molecule has 0 bridgehead atoms. The van der Waals surface area contributed by atoms with Crippen molar-refractivity contribution in [3.8, 4) is 12.1 Å². The number of hydrogen-bond acceptors (Lipinski definition) is 4. The molecule has 2 aromatic carbocycles. The molecule has 168 valence electrons. The van der Waals surface area contributed by atoms with Gasteiger partial charge in [-0.15, -0.1) is 0 Å². The predicted octanol–water partition coefficient (Wildman–Crippen LogP) is 5.88. The van der Waals surface area contributed by atoms with Gasteiger partial charge >= 0.3 is 12.4 Å². The summed E-state index contributed by atoms with van der Waals surface area (Å²) >= 11 is 0. The molecule has 0 radical (unpaired) electrons. The summed E-state index contributed by atoms with van der Waals surface area (Å²) in [5.74, 6) is 0. The number of sulfone groups is 1. The number of rotatable bonds is 2. The van der Waals surface area contributed by atoms with E-state index in [9.17, 15) is 45.3 Å². The van der Waals surface area contributed by atoms with Gasteiger partial charge in [0, 0.05) is 5.57 Å². The van der Waals surface area contributed by atoms with Crippen LogP contribution in [0.4, 0.5) is 26.3 Å². The summed E-state index contributed by atoms with van der Waals surface area (Å²) in [5.41, 5.74) is -3.96. The van der Waals surface area contributed by atoms with Gasteiger partial charge in [-0.05, 0) is 47.5 Å². The molecule has 3 rings (SSSR count). The first-order valence-corrected chi connectivity index (χ1v) is 10.4. The summed E-state index contributed by atoms with van der Waals surface area (Å²) < 4.78 is 106. The zero-order chi connectivity index (χ0) is 24.6. The lowest BCUT2D eigenvalue weighted by atomic mass is 10.0. The minimum Gasteiger partial charge on any atom is -0.218 e. The Kier molecular flexibility index (Phi) is 5.96. The van der Waals surface area contributed by atoms with Crippen LogP contribution in [0.5, 0.6) is 0 Å². The maximum Gasteiger partial charge on any atom is 0.416 e. The van der Waals surface area contributed by atoms with Crippen molar-refractivity contribution in [2.45, 2.75) is 12.4 Å². The highest BCUT2D eigenvalue weighted by molar-refractivity contribution is 8.09. The van der Waals surface area contributed by atoms with Gasteiger partial charge in [-0.3, -0.25) is 0 Å². The number of allylic oxidation sites excluding steroid dienone is 4. The van der Waals surface area contributed by atoms with E-state index >= 15 is 0 Å². The summed E-state index contributed by atoms with van der Waals surface area (Å²) in [6, 6.07) is 9.72. The van der Waals surface area contributed by atoms with Crippen LogP contribution >= 0.6 is 0 Å². The summed E-state index contributed by atoms with van der Waals surface area (Å²) in [6.07, 6.45) is -7.89. The van der Waals surface area contributed by atoms with Gasteiger partial charge in [0.2, 0.25) is 9.84 Å². The molecule has 4 nitrogen and oxygen atoms in total. The molecular formula is C22H10F6N2O2S. The fourth-order valence-corrected chi connectivity index (χ4v) is 4.75. The van der Waals surface area contributed by atoms with Crippen LogP contribution in [0.1, 0.15) is 22.3 Å². The monoisotopic (exact) mass is 480 g/mol. The van der Waals surface area contributed by atoms with Gasteiger partial charge in [-0.2, -0.15) is 36.9 Å². The first-order valence-electron chi connectivity index (χ1n) is 8.87. The van der Waals surface area contributed by atoms with Gasteiger partial charge in [0.15, 0.2) is 0 Å². The summed E-state index contributed by atoms with van der Waals surface area (Å²) in [6.45, 7) is 0. The number of benzene rings is 2. The highest BCUT2D eigenvalue weighted by Gasteiger charge is 2.36. The van der Waals surface area contributed by atoms with Crippen molar-refractivity contribution >= 4 is 19.6 Å². The van der Waals surface area contributed by atoms with Crippen LogP contribution in [0.25, 0.3) is 9.81 Å². The van der Waals surface area contributed by atoms with E-state index in [0.717, 1.165) is 48.6 Å². The maximum atomic E-state index is 13.3. The number of alkyl halides is 6. The minimum atomic E-state index is -4.79. The lowest BCUT2D eigenvalue weighted by Gasteiger charge is -2.20. The summed E-state index contributed by atoms with van der Waals surface area (Å²) in [5, 5.41) is 18.4. The van der Waals surface area contributed by atoms with Crippen molar-refractivity contribution in [3.63, 3.8) is 0 Å². The molecule has 0 saturated heterocycles. The number of nitrogens with zero attached hydrogens (tertiary/aromatic N) is 2. The Morgan fingerprint density at radius 2 is 1.12 bits per heavy atom. The van der Waals surface area contributed by atoms with Gasteiger partial charge in [0.05, 0.1) is 20.9 Å². The van der Waals surface area contributed by atoms with Crippen LogP contribution in [0, 0.1) is 22.7 Å². The molecule has 0 atom stereocenters. The van der Waals surface area contributed by atoms with Crippen LogP contribution in [-0.2, 0) is 22.2 Å². The van der Waals surface area contributed by atoms with Crippen molar-refractivity contribution in [1.29, 1.82) is 10.5 Å². The third kappa shape index (κ3) is 4.69. The largest absolute Gasteiger partial charge is 0.416 e. The quantitative estimate of drug-likeness (QED) is 0.397. The minimum absolute atomic E-state index is 0.269. The molecule has 0 aromatic heterocycles. The van der Waals surface area contributed by atoms with E-state index in [2.05, 4.69) is 0 Å². The second-order valence-corrected chi connectivity index (χ2v) is 8.62. The van der Waals surface area contributed by atoms with Crippen molar-refractivity contribution in [2.75, 3.05) is 0 Å². The molecule has 0 N–H and O–H groups in total. The topological polar surface area (TPSA) is 81.7 Å². The molecule has 0 spiro atoms. The van der Waals surface area contributed by atoms with Crippen molar-refractivity contribution in [1.82, 2.24) is 0 Å². The standard InChI is InChI=1S/C22H10F6N2O2S/c23-21(24,25)17-5-1-3-13(7-17)19-9-15(16(11-29)12-30)10-20(33(19,31)32)14-4-2-6-18(8-14)22(26,27)28/h1-10H. The summed E-state index contributed by atoms with van der Waals surface area (Å²) in [7, 11) is -4.64. The highest BCUT2D eigenvalue weighted by Crippen LogP contribution is 2.41. The van der Waals surface area contributed by atoms with Crippen LogP contribution in [0.15, 0.2) is 71.8 Å². The third-order valence-electron chi connectivity index (χ3n) is 4.61. The fourth-order valence-electron chi connectivity index (χ4n) is 3.07. The van der Waals surface area contributed by atoms with E-state index in [1.807, 2.05) is 0 Å². The van der Waals surface area contributed by atoms with Crippen molar-refractivity contribution < 1.29 is 34.8 Å². The molecule has 1 aliphatic heterocycles. The molecule has 0 fully saturated rings. The summed E-state index contributed by atoms with van der Waals surface area (Å²) in [4.78, 5) is -1.39. The van der Waals surface area contributed by atoms with E-state index < -0.39 is 59.8 Å². The second-order valence-electron chi connectivity index (χ2n) is 6.73. The molecular weight excluding hydrogens is 470 g/mol. The Morgan fingerprint density at radius 1 is 0.727 bits per heavy atom. The molecule has 2 aromatic rings. The van der Waals surface area contributed by atoms with Crippen LogP contribution in [0.2, 0.25) is 0 Å². The average molecular weight is 480 g/mol. The number of nitriles is 2. The molecule has 0 aliphatic carbocycles. The van der Waals surface area contributed by atoms with Crippen molar-refractivity contribution in [3.05, 3.63) is 94.1 Å². The zero-order valence-corrected chi connectivity index (χ0v) is 17.0. The Labute approximate surface area is 183 Å². The van der Waals surface area contributed by atoms with E-state index in [0.29, 0.717) is 12.1 Å². The van der Waals surface area contributed by atoms with Crippen LogP contribution in [-0.4, -0.2) is 8.42 Å². The number of hydrogen-bond donors (Lipinski definition) is 0. The lowest BCUT2D eigenvalue weighted by Crippen LogP contribution is -2.13. The molecule has 0 saturated carbocycles. The van der Waals surface area contributed by atoms with Crippen LogP contribution < -0.4 is 0 Å². The zero-order valence-electron chi connectivity index (χ0n) is 16.2. The van der Waals surface area contributed by atoms with E-state index in [1.165, 1.54) is 12.1 Å². The molecule has 0 amide bonds. The normalized spacial score (nSPS) is 15.7.